The highest BCUT2D eigenvalue weighted by Crippen LogP contribution is 2.54. The summed E-state index contributed by atoms with van der Waals surface area (Å²) in [4.78, 5) is 15.9. The van der Waals surface area contributed by atoms with Crippen molar-refractivity contribution in [2.75, 3.05) is 23.3 Å². The predicted octanol–water partition coefficient (Wildman–Crippen LogP) is 7.08. The van der Waals surface area contributed by atoms with Crippen molar-refractivity contribution >= 4 is 33.6 Å². The number of benzene rings is 2. The SMILES string of the molecule is C/C=C\c1cc(C(OCc2ccccc2)(C(F)(F)F)C(F)(F)F)ccc1N1C[C@H](C)N(C(=O)CBr)C[C@H]1C. The molecule has 0 spiro atoms. The molecule has 0 aliphatic carbocycles. The Bertz CT molecular complexity index is 1120. The van der Waals surface area contributed by atoms with Gasteiger partial charge in [-0.1, -0.05) is 64.5 Å². The quantitative estimate of drug-likeness (QED) is 0.249. The Hall–Kier alpha value is -2.53. The molecule has 2 atom stereocenters. The normalized spacial score (nSPS) is 19.3. The van der Waals surface area contributed by atoms with E-state index >= 15 is 0 Å². The smallest absolute Gasteiger partial charge is 0.365 e. The summed E-state index contributed by atoms with van der Waals surface area (Å²) in [6, 6.07) is 9.97. The number of hydrogen-bond acceptors (Lipinski definition) is 3. The van der Waals surface area contributed by atoms with Crippen LogP contribution in [0.15, 0.2) is 54.6 Å². The monoisotopic (exact) mass is 606 g/mol. The molecule has 11 heteroatoms. The zero-order chi connectivity index (χ0) is 28.3. The molecule has 0 saturated carbocycles. The average Bonchev–Trinajstić information content (AvgIpc) is 2.84. The summed E-state index contributed by atoms with van der Waals surface area (Å²) in [6.07, 6.45) is -8.56. The van der Waals surface area contributed by atoms with Crippen LogP contribution in [-0.2, 0) is 21.7 Å². The van der Waals surface area contributed by atoms with Crippen molar-refractivity contribution in [3.05, 3.63) is 71.3 Å². The molecule has 0 radical (unpaired) electrons. The van der Waals surface area contributed by atoms with Crippen molar-refractivity contribution in [2.45, 2.75) is 57.4 Å². The molecule has 1 amide bonds. The fraction of sp³-hybridized carbons (Fsp3) is 0.444. The Morgan fingerprint density at radius 2 is 1.63 bits per heavy atom. The fourth-order valence-corrected chi connectivity index (χ4v) is 5.06. The number of carbonyl (C=O) groups excluding carboxylic acids is 1. The van der Waals surface area contributed by atoms with E-state index in [0.29, 0.717) is 18.8 Å². The Kier molecular flexibility index (Phi) is 9.24. The number of halogens is 7. The van der Waals surface area contributed by atoms with E-state index in [0.717, 1.165) is 12.1 Å². The van der Waals surface area contributed by atoms with Crippen LogP contribution in [0.5, 0.6) is 0 Å². The van der Waals surface area contributed by atoms with Gasteiger partial charge in [0.25, 0.3) is 5.60 Å². The highest BCUT2D eigenvalue weighted by atomic mass is 79.9. The van der Waals surface area contributed by atoms with Crippen LogP contribution in [-0.4, -0.2) is 53.7 Å². The first-order valence-corrected chi connectivity index (χ1v) is 13.1. The van der Waals surface area contributed by atoms with E-state index in [4.69, 9.17) is 4.74 Å². The molecule has 208 valence electrons. The number of piperazine rings is 1. The molecule has 1 heterocycles. The summed E-state index contributed by atoms with van der Waals surface area (Å²) in [5.41, 5.74) is -4.76. The third kappa shape index (κ3) is 5.88. The first-order valence-electron chi connectivity index (χ1n) is 12.0. The second kappa shape index (κ2) is 11.7. The average molecular weight is 607 g/mol. The van der Waals surface area contributed by atoms with Crippen LogP contribution in [0.3, 0.4) is 0 Å². The van der Waals surface area contributed by atoms with Gasteiger partial charge >= 0.3 is 12.4 Å². The number of hydrogen-bond donors (Lipinski definition) is 0. The summed E-state index contributed by atoms with van der Waals surface area (Å²) in [6.45, 7) is 5.15. The summed E-state index contributed by atoms with van der Waals surface area (Å²) in [7, 11) is 0. The number of anilines is 1. The van der Waals surface area contributed by atoms with Gasteiger partial charge in [0.15, 0.2) is 0 Å². The molecular formula is C27H29BrF6N2O2. The zero-order valence-corrected chi connectivity index (χ0v) is 22.7. The largest absolute Gasteiger partial charge is 0.430 e. The molecule has 1 aliphatic rings. The summed E-state index contributed by atoms with van der Waals surface area (Å²) in [5.74, 6) is -0.0938. The lowest BCUT2D eigenvalue weighted by atomic mass is 9.89. The first kappa shape index (κ1) is 30.0. The Labute approximate surface area is 226 Å². The minimum atomic E-state index is -5.79. The van der Waals surface area contributed by atoms with Crippen molar-refractivity contribution in [1.82, 2.24) is 4.90 Å². The van der Waals surface area contributed by atoms with Crippen molar-refractivity contribution in [2.24, 2.45) is 0 Å². The molecule has 1 fully saturated rings. The Morgan fingerprint density at radius 1 is 1.00 bits per heavy atom. The van der Waals surface area contributed by atoms with E-state index in [-0.39, 0.29) is 34.4 Å². The molecule has 0 unspecified atom stereocenters. The van der Waals surface area contributed by atoms with Crippen LogP contribution in [0.25, 0.3) is 6.08 Å². The maximum Gasteiger partial charge on any atom is 0.430 e. The van der Waals surface area contributed by atoms with E-state index in [2.05, 4.69) is 15.9 Å². The fourth-order valence-electron chi connectivity index (χ4n) is 4.74. The standard InChI is InChI=1S/C27H29BrF6N2O2/c1-4-8-21-13-22(11-12-23(21)35-15-19(3)36(16-18(35)2)24(37)14-28)25(26(29,30)31,27(32,33)34)38-17-20-9-6-5-7-10-20/h4-13,18-19H,14-17H2,1-3H3/b8-4-/t18-,19+/m1/s1. The molecule has 2 aromatic carbocycles. The number of carbonyl (C=O) groups is 1. The highest BCUT2D eigenvalue weighted by Gasteiger charge is 2.73. The van der Waals surface area contributed by atoms with Crippen molar-refractivity contribution in [3.63, 3.8) is 0 Å². The summed E-state index contributed by atoms with van der Waals surface area (Å²) < 4.78 is 91.1. The summed E-state index contributed by atoms with van der Waals surface area (Å²) in [5, 5.41) is 0.155. The first-order chi connectivity index (χ1) is 17.8. The lowest BCUT2D eigenvalue weighted by molar-refractivity contribution is -0.392. The van der Waals surface area contributed by atoms with Crippen LogP contribution >= 0.6 is 15.9 Å². The molecular weight excluding hydrogens is 578 g/mol. The number of rotatable bonds is 7. The topological polar surface area (TPSA) is 32.8 Å². The third-order valence-electron chi connectivity index (χ3n) is 6.61. The Balaban J connectivity index is 2.10. The van der Waals surface area contributed by atoms with E-state index in [9.17, 15) is 31.1 Å². The molecule has 0 N–H and O–H groups in total. The molecule has 0 bridgehead atoms. The minimum absolute atomic E-state index is 0.0938. The molecule has 4 nitrogen and oxygen atoms in total. The van der Waals surface area contributed by atoms with Crippen LogP contribution in [0.2, 0.25) is 0 Å². The number of amides is 1. The van der Waals surface area contributed by atoms with E-state index in [1.165, 1.54) is 36.4 Å². The second-order valence-corrected chi connectivity index (χ2v) is 9.82. The van der Waals surface area contributed by atoms with Gasteiger partial charge in [-0.15, -0.1) is 0 Å². The molecule has 3 rings (SSSR count). The van der Waals surface area contributed by atoms with Gasteiger partial charge in [-0.3, -0.25) is 4.79 Å². The van der Waals surface area contributed by atoms with E-state index in [1.807, 2.05) is 18.7 Å². The lowest BCUT2D eigenvalue weighted by Gasteiger charge is -2.46. The van der Waals surface area contributed by atoms with Gasteiger partial charge in [-0.2, -0.15) is 26.3 Å². The highest BCUT2D eigenvalue weighted by molar-refractivity contribution is 9.09. The molecule has 1 saturated heterocycles. The van der Waals surface area contributed by atoms with Crippen molar-refractivity contribution in [1.29, 1.82) is 0 Å². The van der Waals surface area contributed by atoms with Crippen LogP contribution in [0.4, 0.5) is 32.0 Å². The van der Waals surface area contributed by atoms with E-state index < -0.39 is 30.1 Å². The maximum atomic E-state index is 14.4. The predicted molar refractivity (Wildman–Crippen MR) is 138 cm³/mol. The van der Waals surface area contributed by atoms with Gasteiger partial charge in [0.1, 0.15) is 0 Å². The second-order valence-electron chi connectivity index (χ2n) is 9.25. The van der Waals surface area contributed by atoms with Crippen LogP contribution < -0.4 is 4.90 Å². The number of ether oxygens (including phenoxy) is 1. The Morgan fingerprint density at radius 3 is 2.18 bits per heavy atom. The summed E-state index contributed by atoms with van der Waals surface area (Å²) >= 11 is 3.17. The van der Waals surface area contributed by atoms with Crippen LogP contribution in [0.1, 0.15) is 37.5 Å². The molecule has 0 aromatic heterocycles. The van der Waals surface area contributed by atoms with Crippen molar-refractivity contribution in [3.8, 4) is 0 Å². The van der Waals surface area contributed by atoms with Gasteiger partial charge in [-0.05, 0) is 44.0 Å². The molecule has 38 heavy (non-hydrogen) atoms. The molecule has 1 aliphatic heterocycles. The molecule has 2 aromatic rings. The maximum absolute atomic E-state index is 14.4. The van der Waals surface area contributed by atoms with Gasteiger partial charge < -0.3 is 14.5 Å². The van der Waals surface area contributed by atoms with E-state index in [1.54, 1.807) is 24.0 Å². The third-order valence-corrected chi connectivity index (χ3v) is 7.09. The number of alkyl halides is 7. The van der Waals surface area contributed by atoms with Gasteiger partial charge in [0.2, 0.25) is 5.91 Å². The lowest BCUT2D eigenvalue weighted by Crippen LogP contribution is -2.58. The van der Waals surface area contributed by atoms with Gasteiger partial charge in [-0.25, -0.2) is 0 Å². The van der Waals surface area contributed by atoms with Gasteiger partial charge in [0.05, 0.1) is 11.9 Å². The minimum Gasteiger partial charge on any atom is -0.365 e. The van der Waals surface area contributed by atoms with Crippen LogP contribution in [0, 0.1) is 0 Å². The number of allylic oxidation sites excluding steroid dienone is 1. The zero-order valence-electron chi connectivity index (χ0n) is 21.1. The number of nitrogens with zero attached hydrogens (tertiary/aromatic N) is 2. The van der Waals surface area contributed by atoms with Gasteiger partial charge in [0, 0.05) is 36.4 Å². The van der Waals surface area contributed by atoms with Crippen molar-refractivity contribution < 1.29 is 35.9 Å².